The van der Waals surface area contributed by atoms with Crippen molar-refractivity contribution in [2.24, 2.45) is 0 Å². The summed E-state index contributed by atoms with van der Waals surface area (Å²) in [5, 5.41) is 0. The molecular formula is C15H19BrN2OS. The van der Waals surface area contributed by atoms with Crippen molar-refractivity contribution in [1.29, 1.82) is 0 Å². The molecule has 108 valence electrons. The van der Waals surface area contributed by atoms with Gasteiger partial charge in [-0.2, -0.15) is 0 Å². The van der Waals surface area contributed by atoms with Crippen LogP contribution >= 0.6 is 28.1 Å². The molecule has 1 N–H and O–H groups in total. The number of ether oxygens (including phenoxy) is 1. The van der Waals surface area contributed by atoms with Crippen molar-refractivity contribution in [3.05, 3.63) is 27.4 Å². The predicted octanol–water partition coefficient (Wildman–Crippen LogP) is 4.81. The molecule has 1 aromatic carbocycles. The molecule has 2 aromatic rings. The van der Waals surface area contributed by atoms with E-state index in [0.29, 0.717) is 6.10 Å². The van der Waals surface area contributed by atoms with Crippen LogP contribution in [-0.2, 0) is 11.3 Å². The first-order valence-corrected chi connectivity index (χ1v) is 8.44. The number of aromatic amines is 1. The van der Waals surface area contributed by atoms with Crippen LogP contribution in [-0.4, -0.2) is 22.3 Å². The Morgan fingerprint density at radius 2 is 2.10 bits per heavy atom. The second-order valence-electron chi connectivity index (χ2n) is 5.37. The van der Waals surface area contributed by atoms with Crippen molar-refractivity contribution in [3.63, 3.8) is 0 Å². The summed E-state index contributed by atoms with van der Waals surface area (Å²) in [6, 6.07) is 6.17. The van der Waals surface area contributed by atoms with E-state index in [1.54, 1.807) is 0 Å². The minimum absolute atomic E-state index is 0.454. The fourth-order valence-corrected chi connectivity index (χ4v) is 3.54. The molecule has 3 nitrogen and oxygen atoms in total. The minimum atomic E-state index is 0.454. The summed E-state index contributed by atoms with van der Waals surface area (Å²) in [5.41, 5.74) is 2.22. The van der Waals surface area contributed by atoms with E-state index < -0.39 is 0 Å². The summed E-state index contributed by atoms with van der Waals surface area (Å²) in [7, 11) is 0. The Hall–Kier alpha value is -0.650. The number of rotatable bonds is 4. The van der Waals surface area contributed by atoms with Crippen LogP contribution < -0.4 is 0 Å². The van der Waals surface area contributed by atoms with E-state index in [0.717, 1.165) is 33.4 Å². The summed E-state index contributed by atoms with van der Waals surface area (Å²) in [6.45, 7) is 1.55. The lowest BCUT2D eigenvalue weighted by Crippen LogP contribution is -2.19. The summed E-state index contributed by atoms with van der Waals surface area (Å²) in [6.07, 6.45) is 6.86. The molecule has 0 atom stereocenters. The van der Waals surface area contributed by atoms with Gasteiger partial charge in [-0.1, -0.05) is 35.2 Å². The highest BCUT2D eigenvalue weighted by Crippen LogP contribution is 2.22. The van der Waals surface area contributed by atoms with Gasteiger partial charge in [0.25, 0.3) is 0 Å². The van der Waals surface area contributed by atoms with E-state index in [4.69, 9.17) is 17.0 Å². The molecule has 0 aliphatic heterocycles. The summed E-state index contributed by atoms with van der Waals surface area (Å²) in [4.78, 5) is 3.24. The van der Waals surface area contributed by atoms with Crippen molar-refractivity contribution in [2.75, 3.05) is 6.61 Å². The molecule has 0 bridgehead atoms. The Balaban J connectivity index is 1.69. The smallest absolute Gasteiger partial charge is 0.178 e. The van der Waals surface area contributed by atoms with Crippen LogP contribution in [0.25, 0.3) is 11.0 Å². The molecule has 1 aromatic heterocycles. The van der Waals surface area contributed by atoms with Gasteiger partial charge in [0.05, 0.1) is 23.7 Å². The molecule has 1 fully saturated rings. The lowest BCUT2D eigenvalue weighted by atomic mass is 9.98. The van der Waals surface area contributed by atoms with E-state index in [9.17, 15) is 0 Å². The summed E-state index contributed by atoms with van der Waals surface area (Å²) < 4.78 is 9.96. The fraction of sp³-hybridized carbons (Fsp3) is 0.533. The third kappa shape index (κ3) is 3.15. The van der Waals surface area contributed by atoms with Gasteiger partial charge in [-0.15, -0.1) is 0 Å². The van der Waals surface area contributed by atoms with E-state index in [1.807, 2.05) is 12.1 Å². The number of hydrogen-bond acceptors (Lipinski definition) is 2. The lowest BCUT2D eigenvalue weighted by Gasteiger charge is -2.22. The first kappa shape index (κ1) is 14.3. The van der Waals surface area contributed by atoms with Gasteiger partial charge in [-0.3, -0.25) is 0 Å². The number of nitrogens with zero attached hydrogens (tertiary/aromatic N) is 1. The van der Waals surface area contributed by atoms with E-state index in [1.165, 1.54) is 32.1 Å². The van der Waals surface area contributed by atoms with Gasteiger partial charge >= 0.3 is 0 Å². The molecule has 1 heterocycles. The van der Waals surface area contributed by atoms with Crippen LogP contribution in [0.1, 0.15) is 32.1 Å². The number of fused-ring (bicyclic) bond motifs is 1. The summed E-state index contributed by atoms with van der Waals surface area (Å²) in [5.74, 6) is 0. The molecule has 0 amide bonds. The molecule has 0 spiro atoms. The highest BCUT2D eigenvalue weighted by molar-refractivity contribution is 9.10. The summed E-state index contributed by atoms with van der Waals surface area (Å²) >= 11 is 8.92. The average Bonchev–Trinajstić information content (AvgIpc) is 2.76. The molecule has 1 aliphatic carbocycles. The van der Waals surface area contributed by atoms with Gasteiger partial charge in [0.15, 0.2) is 4.77 Å². The number of nitrogens with one attached hydrogen (secondary N) is 1. The SMILES string of the molecule is S=c1[nH]c2ccc(Br)cc2n1CCOC1CCCCC1. The van der Waals surface area contributed by atoms with E-state index >= 15 is 0 Å². The monoisotopic (exact) mass is 354 g/mol. The number of aromatic nitrogens is 2. The predicted molar refractivity (Wildman–Crippen MR) is 87.6 cm³/mol. The number of H-pyrrole nitrogens is 1. The maximum Gasteiger partial charge on any atom is 0.178 e. The molecule has 1 aliphatic rings. The zero-order valence-corrected chi connectivity index (χ0v) is 13.8. The number of halogens is 1. The van der Waals surface area contributed by atoms with Crippen LogP contribution in [0.4, 0.5) is 0 Å². The van der Waals surface area contributed by atoms with E-state index in [2.05, 4.69) is 31.5 Å². The first-order chi connectivity index (χ1) is 9.74. The number of benzene rings is 1. The topological polar surface area (TPSA) is 29.9 Å². The Kier molecular flexibility index (Phi) is 4.58. The normalized spacial score (nSPS) is 16.9. The lowest BCUT2D eigenvalue weighted by molar-refractivity contribution is 0.0243. The van der Waals surface area contributed by atoms with Crippen molar-refractivity contribution in [3.8, 4) is 0 Å². The van der Waals surface area contributed by atoms with E-state index in [-0.39, 0.29) is 0 Å². The Morgan fingerprint density at radius 3 is 2.90 bits per heavy atom. The largest absolute Gasteiger partial charge is 0.376 e. The van der Waals surface area contributed by atoms with Gasteiger partial charge in [0.2, 0.25) is 0 Å². The molecule has 0 radical (unpaired) electrons. The van der Waals surface area contributed by atoms with Crippen LogP contribution in [0.15, 0.2) is 22.7 Å². The van der Waals surface area contributed by atoms with Gasteiger partial charge in [0.1, 0.15) is 0 Å². The third-order valence-corrected chi connectivity index (χ3v) is 4.77. The molecule has 3 rings (SSSR count). The second kappa shape index (κ2) is 6.41. The minimum Gasteiger partial charge on any atom is -0.376 e. The van der Waals surface area contributed by atoms with Crippen molar-refractivity contribution >= 4 is 39.2 Å². The van der Waals surface area contributed by atoms with Crippen molar-refractivity contribution in [2.45, 2.75) is 44.8 Å². The molecule has 0 saturated heterocycles. The molecule has 1 saturated carbocycles. The van der Waals surface area contributed by atoms with Crippen molar-refractivity contribution < 1.29 is 4.74 Å². The molecular weight excluding hydrogens is 336 g/mol. The standard InChI is InChI=1S/C15H19BrN2OS/c16-11-6-7-13-14(10-11)18(15(20)17-13)8-9-19-12-4-2-1-3-5-12/h6-7,10,12H,1-5,8-9H2,(H,17,20). The zero-order valence-electron chi connectivity index (χ0n) is 11.4. The molecule has 5 heteroatoms. The van der Waals surface area contributed by atoms with Crippen LogP contribution in [0, 0.1) is 4.77 Å². The quantitative estimate of drug-likeness (QED) is 0.798. The van der Waals surface area contributed by atoms with Crippen molar-refractivity contribution in [1.82, 2.24) is 9.55 Å². The van der Waals surface area contributed by atoms with Gasteiger partial charge in [-0.25, -0.2) is 0 Å². The van der Waals surface area contributed by atoms with Gasteiger partial charge < -0.3 is 14.3 Å². The fourth-order valence-electron chi connectivity index (χ4n) is 2.89. The second-order valence-corrected chi connectivity index (χ2v) is 6.68. The highest BCUT2D eigenvalue weighted by atomic mass is 79.9. The third-order valence-electron chi connectivity index (χ3n) is 3.96. The Bertz CT molecular complexity index is 643. The number of hydrogen-bond donors (Lipinski definition) is 1. The first-order valence-electron chi connectivity index (χ1n) is 7.24. The Labute approximate surface area is 132 Å². The van der Waals surface area contributed by atoms with Gasteiger partial charge in [0, 0.05) is 11.0 Å². The Morgan fingerprint density at radius 1 is 1.30 bits per heavy atom. The zero-order chi connectivity index (χ0) is 13.9. The van der Waals surface area contributed by atoms with Crippen LogP contribution in [0.2, 0.25) is 0 Å². The van der Waals surface area contributed by atoms with Gasteiger partial charge in [-0.05, 0) is 43.3 Å². The number of imidazole rings is 1. The highest BCUT2D eigenvalue weighted by Gasteiger charge is 2.13. The maximum atomic E-state index is 6.00. The maximum absolute atomic E-state index is 6.00. The van der Waals surface area contributed by atoms with Crippen LogP contribution in [0.3, 0.4) is 0 Å². The molecule has 0 unspecified atom stereocenters. The average molecular weight is 355 g/mol. The molecule has 20 heavy (non-hydrogen) atoms. The van der Waals surface area contributed by atoms with Crippen LogP contribution in [0.5, 0.6) is 0 Å².